The van der Waals surface area contributed by atoms with E-state index in [1.54, 1.807) is 0 Å². The minimum atomic E-state index is 0.110. The van der Waals surface area contributed by atoms with Crippen LogP contribution < -0.4 is 11.1 Å². The highest BCUT2D eigenvalue weighted by molar-refractivity contribution is 7.13. The summed E-state index contributed by atoms with van der Waals surface area (Å²) in [5, 5.41) is 5.34. The summed E-state index contributed by atoms with van der Waals surface area (Å²) in [6.07, 6.45) is 0.940. The van der Waals surface area contributed by atoms with E-state index in [1.807, 2.05) is 23.6 Å². The second-order valence-corrected chi connectivity index (χ2v) is 5.64. The number of anilines is 1. The maximum absolute atomic E-state index is 12.0. The van der Waals surface area contributed by atoms with Crippen LogP contribution in [-0.2, 0) is 11.3 Å². The fourth-order valence-electron chi connectivity index (χ4n) is 2.27. The number of carbonyl (C=O) groups is 1. The lowest BCUT2D eigenvalue weighted by Gasteiger charge is -2.03. The molecule has 1 fully saturated rings. The van der Waals surface area contributed by atoms with Gasteiger partial charge in [-0.2, -0.15) is 0 Å². The molecule has 0 spiro atoms. The van der Waals surface area contributed by atoms with Crippen molar-refractivity contribution in [3.05, 3.63) is 47.0 Å². The van der Waals surface area contributed by atoms with Crippen LogP contribution in [0.15, 0.2) is 35.7 Å². The Morgan fingerprint density at radius 1 is 1.42 bits per heavy atom. The van der Waals surface area contributed by atoms with E-state index >= 15 is 0 Å². The van der Waals surface area contributed by atoms with Crippen LogP contribution in [0.5, 0.6) is 0 Å². The van der Waals surface area contributed by atoms with Crippen molar-refractivity contribution < 1.29 is 4.79 Å². The van der Waals surface area contributed by atoms with E-state index in [4.69, 9.17) is 5.73 Å². The predicted octanol–water partition coefficient (Wildman–Crippen LogP) is 2.15. The van der Waals surface area contributed by atoms with Crippen LogP contribution in [0.1, 0.15) is 23.6 Å². The van der Waals surface area contributed by atoms with Crippen molar-refractivity contribution in [1.82, 2.24) is 10.3 Å². The van der Waals surface area contributed by atoms with E-state index < -0.39 is 0 Å². The Labute approximate surface area is 115 Å². The van der Waals surface area contributed by atoms with Crippen molar-refractivity contribution in [2.75, 3.05) is 5.73 Å². The van der Waals surface area contributed by atoms with Gasteiger partial charge in [0.2, 0.25) is 5.91 Å². The minimum Gasteiger partial charge on any atom is -0.375 e. The summed E-state index contributed by atoms with van der Waals surface area (Å²) in [5.74, 6) is 0.598. The van der Waals surface area contributed by atoms with Crippen molar-refractivity contribution in [3.8, 4) is 0 Å². The molecular weight excluding hydrogens is 258 g/mol. The maximum Gasteiger partial charge on any atom is 0.224 e. The molecular formula is C14H15N3OS. The number of hydrogen-bond acceptors (Lipinski definition) is 4. The Hall–Kier alpha value is -1.88. The summed E-state index contributed by atoms with van der Waals surface area (Å²) in [4.78, 5) is 16.1. The normalized spacial score (nSPS) is 21.1. The van der Waals surface area contributed by atoms with Crippen molar-refractivity contribution in [2.24, 2.45) is 5.92 Å². The molecule has 1 heterocycles. The second kappa shape index (κ2) is 5.01. The summed E-state index contributed by atoms with van der Waals surface area (Å²) >= 11 is 1.39. The summed E-state index contributed by atoms with van der Waals surface area (Å²) in [5.41, 5.74) is 7.63. The van der Waals surface area contributed by atoms with E-state index in [0.29, 0.717) is 17.6 Å². The molecule has 0 aliphatic heterocycles. The third kappa shape index (κ3) is 2.76. The van der Waals surface area contributed by atoms with Gasteiger partial charge in [0.1, 0.15) is 0 Å². The van der Waals surface area contributed by atoms with Crippen molar-refractivity contribution in [3.63, 3.8) is 0 Å². The Bertz CT molecular complexity index is 581. The van der Waals surface area contributed by atoms with Gasteiger partial charge in [-0.05, 0) is 17.9 Å². The van der Waals surface area contributed by atoms with Crippen LogP contribution in [-0.4, -0.2) is 10.9 Å². The van der Waals surface area contributed by atoms with Crippen LogP contribution in [0.2, 0.25) is 0 Å². The summed E-state index contributed by atoms with van der Waals surface area (Å²) in [6, 6.07) is 10.2. The Morgan fingerprint density at radius 3 is 2.89 bits per heavy atom. The fraction of sp³-hybridized carbons (Fsp3) is 0.286. The number of nitrogens with two attached hydrogens (primary N) is 1. The lowest BCUT2D eigenvalue weighted by molar-refractivity contribution is -0.122. The van der Waals surface area contributed by atoms with Crippen LogP contribution >= 0.6 is 11.3 Å². The molecule has 2 aromatic rings. The van der Waals surface area contributed by atoms with Gasteiger partial charge in [0, 0.05) is 11.3 Å². The molecule has 1 aromatic carbocycles. The molecule has 1 aromatic heterocycles. The zero-order valence-electron chi connectivity index (χ0n) is 10.4. The second-order valence-electron chi connectivity index (χ2n) is 4.75. The highest BCUT2D eigenvalue weighted by Crippen LogP contribution is 2.47. The molecule has 4 nitrogen and oxygen atoms in total. The monoisotopic (exact) mass is 273 g/mol. The lowest BCUT2D eigenvalue weighted by atomic mass is 10.1. The van der Waals surface area contributed by atoms with Crippen molar-refractivity contribution in [2.45, 2.75) is 18.9 Å². The number of nitrogens with zero attached hydrogens (tertiary/aromatic N) is 1. The first kappa shape index (κ1) is 12.2. The molecule has 1 saturated carbocycles. The van der Waals surface area contributed by atoms with E-state index in [0.717, 1.165) is 12.1 Å². The lowest BCUT2D eigenvalue weighted by Crippen LogP contribution is -2.25. The number of nitrogens with one attached hydrogen (secondary N) is 1. The third-order valence-corrected chi connectivity index (χ3v) is 4.09. The van der Waals surface area contributed by atoms with Crippen LogP contribution in [0.25, 0.3) is 0 Å². The molecule has 1 aliphatic carbocycles. The number of hydrogen-bond donors (Lipinski definition) is 2. The Balaban J connectivity index is 1.53. The first-order valence-corrected chi connectivity index (χ1v) is 7.14. The SMILES string of the molecule is Nc1nc(CNC(=O)[C@@H]2C[C@H]2c2ccccc2)cs1. The number of amides is 1. The highest BCUT2D eigenvalue weighted by Gasteiger charge is 2.43. The molecule has 0 radical (unpaired) electrons. The number of rotatable bonds is 4. The smallest absolute Gasteiger partial charge is 0.224 e. The highest BCUT2D eigenvalue weighted by atomic mass is 32.1. The largest absolute Gasteiger partial charge is 0.375 e. The van der Waals surface area contributed by atoms with Crippen molar-refractivity contribution >= 4 is 22.4 Å². The quantitative estimate of drug-likeness (QED) is 0.897. The molecule has 0 unspecified atom stereocenters. The average molecular weight is 273 g/mol. The molecule has 19 heavy (non-hydrogen) atoms. The van der Waals surface area contributed by atoms with Gasteiger partial charge in [-0.15, -0.1) is 11.3 Å². The van der Waals surface area contributed by atoms with Crippen LogP contribution in [0.4, 0.5) is 5.13 Å². The van der Waals surface area contributed by atoms with E-state index in [2.05, 4.69) is 22.4 Å². The van der Waals surface area contributed by atoms with E-state index in [1.165, 1.54) is 16.9 Å². The van der Waals surface area contributed by atoms with Crippen LogP contribution in [0.3, 0.4) is 0 Å². The first-order valence-electron chi connectivity index (χ1n) is 6.26. The Morgan fingerprint density at radius 2 is 2.21 bits per heavy atom. The maximum atomic E-state index is 12.0. The molecule has 3 rings (SSSR count). The Kier molecular flexibility index (Phi) is 3.21. The molecule has 1 amide bonds. The van der Waals surface area contributed by atoms with E-state index in [9.17, 15) is 4.79 Å². The molecule has 5 heteroatoms. The molecule has 0 bridgehead atoms. The molecule has 3 N–H and O–H groups in total. The van der Waals surface area contributed by atoms with Gasteiger partial charge in [-0.25, -0.2) is 4.98 Å². The minimum absolute atomic E-state index is 0.110. The zero-order valence-corrected chi connectivity index (χ0v) is 11.2. The van der Waals surface area contributed by atoms with Gasteiger partial charge < -0.3 is 11.1 Å². The number of benzene rings is 1. The van der Waals surface area contributed by atoms with Gasteiger partial charge in [0.05, 0.1) is 12.2 Å². The molecule has 1 aliphatic rings. The number of aromatic nitrogens is 1. The average Bonchev–Trinajstić information content (AvgIpc) is 3.14. The molecule has 2 atom stereocenters. The molecule has 98 valence electrons. The summed E-state index contributed by atoms with van der Waals surface area (Å²) in [7, 11) is 0. The standard InChI is InChI=1S/C14H15N3OS/c15-14-17-10(8-19-14)7-16-13(18)12-6-11(12)9-4-2-1-3-5-9/h1-5,8,11-12H,6-7H2,(H2,15,17)(H,16,18)/t11-,12+/m0/s1. The number of thiazole rings is 1. The third-order valence-electron chi connectivity index (χ3n) is 3.37. The van der Waals surface area contributed by atoms with Gasteiger partial charge in [-0.3, -0.25) is 4.79 Å². The predicted molar refractivity (Wildman–Crippen MR) is 75.7 cm³/mol. The van der Waals surface area contributed by atoms with Crippen LogP contribution in [0, 0.1) is 5.92 Å². The summed E-state index contributed by atoms with van der Waals surface area (Å²) in [6.45, 7) is 0.463. The zero-order chi connectivity index (χ0) is 13.2. The van der Waals surface area contributed by atoms with Gasteiger partial charge in [-0.1, -0.05) is 30.3 Å². The van der Waals surface area contributed by atoms with Crippen molar-refractivity contribution in [1.29, 1.82) is 0 Å². The van der Waals surface area contributed by atoms with Gasteiger partial charge in [0.25, 0.3) is 0 Å². The van der Waals surface area contributed by atoms with Gasteiger partial charge >= 0.3 is 0 Å². The number of nitrogen functional groups attached to an aromatic ring is 1. The summed E-state index contributed by atoms with van der Waals surface area (Å²) < 4.78 is 0. The van der Waals surface area contributed by atoms with Gasteiger partial charge in [0.15, 0.2) is 5.13 Å². The fourth-order valence-corrected chi connectivity index (χ4v) is 2.83. The molecule has 0 saturated heterocycles. The first-order chi connectivity index (χ1) is 9.24. The van der Waals surface area contributed by atoms with E-state index in [-0.39, 0.29) is 11.8 Å². The topological polar surface area (TPSA) is 68.0 Å². The number of carbonyl (C=O) groups excluding carboxylic acids is 1.